The number of nitrogens with zero attached hydrogens (tertiary/aromatic N) is 2. The Hall–Kier alpha value is -4.13. The number of ketones is 1. The predicted octanol–water partition coefficient (Wildman–Crippen LogP) is 5.07. The second-order valence-corrected chi connectivity index (χ2v) is 8.94. The normalized spacial score (nSPS) is 19.5. The lowest BCUT2D eigenvalue weighted by atomic mass is 9.94. The van der Waals surface area contributed by atoms with Gasteiger partial charge in [0.15, 0.2) is 0 Å². The molecule has 2 saturated heterocycles. The summed E-state index contributed by atoms with van der Waals surface area (Å²) in [6.45, 7) is 3.52. The zero-order valence-electron chi connectivity index (χ0n) is 19.2. The first-order chi connectivity index (χ1) is 16.8. The van der Waals surface area contributed by atoms with Gasteiger partial charge in [-0.15, -0.1) is 0 Å². The fourth-order valence-corrected chi connectivity index (χ4v) is 4.82. The van der Waals surface area contributed by atoms with Crippen molar-refractivity contribution in [1.82, 2.24) is 0 Å². The third kappa shape index (κ3) is 4.03. The van der Waals surface area contributed by atoms with Crippen LogP contribution >= 0.6 is 0 Å². The lowest BCUT2D eigenvalue weighted by Gasteiger charge is -2.26. The molecule has 1 unspecified atom stereocenters. The number of rotatable bonds is 4. The first-order valence-corrected chi connectivity index (χ1v) is 11.6. The van der Waals surface area contributed by atoms with Crippen LogP contribution in [0.5, 0.6) is 5.75 Å². The molecule has 1 amide bonds. The summed E-state index contributed by atoms with van der Waals surface area (Å²) in [5.74, 6) is -2.37. The number of hydrogen-bond acceptors (Lipinski definition) is 5. The second kappa shape index (κ2) is 8.91. The van der Waals surface area contributed by atoms with E-state index in [4.69, 9.17) is 0 Å². The Morgan fingerprint density at radius 3 is 2.17 bits per heavy atom. The molecule has 3 aromatic carbocycles. The highest BCUT2D eigenvalue weighted by atomic mass is 19.1. The Balaban J connectivity index is 1.63. The van der Waals surface area contributed by atoms with Crippen LogP contribution in [-0.4, -0.2) is 35.0 Å². The topological polar surface area (TPSA) is 81.1 Å². The largest absolute Gasteiger partial charge is 0.508 e. The van der Waals surface area contributed by atoms with Crippen molar-refractivity contribution in [3.8, 4) is 5.75 Å². The third-order valence-electron chi connectivity index (χ3n) is 6.68. The van der Waals surface area contributed by atoms with E-state index >= 15 is 0 Å². The number of carbonyl (C=O) groups excluding carboxylic acids is 2. The summed E-state index contributed by atoms with van der Waals surface area (Å²) in [7, 11) is 0. The average molecular weight is 473 g/mol. The van der Waals surface area contributed by atoms with Crippen LogP contribution in [0.4, 0.5) is 15.8 Å². The smallest absolute Gasteiger partial charge is 0.300 e. The third-order valence-corrected chi connectivity index (χ3v) is 6.68. The molecule has 0 radical (unpaired) electrons. The molecule has 35 heavy (non-hydrogen) atoms. The van der Waals surface area contributed by atoms with E-state index in [0.717, 1.165) is 31.6 Å². The molecule has 6 nitrogen and oxygen atoms in total. The summed E-state index contributed by atoms with van der Waals surface area (Å²) in [6, 6.07) is 16.7. The first-order valence-electron chi connectivity index (χ1n) is 11.6. The van der Waals surface area contributed by atoms with Gasteiger partial charge in [-0.3, -0.25) is 14.5 Å². The summed E-state index contributed by atoms with van der Waals surface area (Å²) in [6.07, 6.45) is 2.28. The number of aryl methyl sites for hydroxylation is 1. The number of benzene rings is 3. The molecule has 178 valence electrons. The SMILES string of the molecule is Cc1cc(/C(O)=C2/C(=O)C(=O)N(c3ccc(N4CCCC4)cc3)C2c2ccc(O)cc2)ccc1F. The van der Waals surface area contributed by atoms with Gasteiger partial charge in [-0.05, 0) is 85.5 Å². The van der Waals surface area contributed by atoms with Crippen LogP contribution in [0.25, 0.3) is 5.76 Å². The zero-order valence-corrected chi connectivity index (χ0v) is 19.2. The molecule has 1 atom stereocenters. The Bertz CT molecular complexity index is 1330. The Labute approximate surface area is 202 Å². The maximum atomic E-state index is 13.8. The first kappa shape index (κ1) is 22.7. The Kier molecular flexibility index (Phi) is 5.76. The molecule has 3 aromatic rings. The van der Waals surface area contributed by atoms with E-state index in [9.17, 15) is 24.2 Å². The van der Waals surface area contributed by atoms with Crippen LogP contribution in [0.3, 0.4) is 0 Å². The molecular formula is C28H25FN2O4. The molecule has 2 N–H and O–H groups in total. The summed E-state index contributed by atoms with van der Waals surface area (Å²) in [4.78, 5) is 30.2. The van der Waals surface area contributed by atoms with Crippen molar-refractivity contribution in [2.24, 2.45) is 0 Å². The number of aliphatic hydroxyl groups is 1. The summed E-state index contributed by atoms with van der Waals surface area (Å²) < 4.78 is 13.8. The molecule has 7 heteroatoms. The summed E-state index contributed by atoms with van der Waals surface area (Å²) in [5.41, 5.74) is 2.58. The fraction of sp³-hybridized carbons (Fsp3) is 0.214. The highest BCUT2D eigenvalue weighted by molar-refractivity contribution is 6.51. The van der Waals surface area contributed by atoms with Gasteiger partial charge >= 0.3 is 0 Å². The van der Waals surface area contributed by atoms with Crippen molar-refractivity contribution in [2.75, 3.05) is 22.9 Å². The van der Waals surface area contributed by atoms with Crippen molar-refractivity contribution in [1.29, 1.82) is 0 Å². The molecule has 0 saturated carbocycles. The molecule has 0 spiro atoms. The number of phenols is 1. The Morgan fingerprint density at radius 1 is 0.914 bits per heavy atom. The second-order valence-electron chi connectivity index (χ2n) is 8.94. The van der Waals surface area contributed by atoms with Crippen molar-refractivity contribution in [2.45, 2.75) is 25.8 Å². The number of phenolic OH excluding ortho intramolecular Hbond substituents is 1. The maximum absolute atomic E-state index is 13.8. The minimum absolute atomic E-state index is 0.0369. The van der Waals surface area contributed by atoms with Gasteiger partial charge in [-0.25, -0.2) is 4.39 Å². The highest BCUT2D eigenvalue weighted by Gasteiger charge is 2.47. The van der Waals surface area contributed by atoms with Crippen molar-refractivity contribution in [3.05, 3.63) is 94.8 Å². The molecular weight excluding hydrogens is 447 g/mol. The number of Topliss-reactive ketones (excluding diaryl/α,β-unsaturated/α-hetero) is 1. The van der Waals surface area contributed by atoms with Crippen molar-refractivity contribution >= 4 is 28.8 Å². The zero-order chi connectivity index (χ0) is 24.7. The van der Waals surface area contributed by atoms with E-state index < -0.39 is 23.5 Å². The molecule has 2 aliphatic heterocycles. The quantitative estimate of drug-likeness (QED) is 0.315. The van der Waals surface area contributed by atoms with Crippen molar-refractivity contribution < 1.29 is 24.2 Å². The lowest BCUT2D eigenvalue weighted by Crippen LogP contribution is -2.29. The van der Waals surface area contributed by atoms with Crippen LogP contribution in [0.1, 0.15) is 35.6 Å². The average Bonchev–Trinajstić information content (AvgIpc) is 3.48. The van der Waals surface area contributed by atoms with Gasteiger partial charge in [-0.2, -0.15) is 0 Å². The van der Waals surface area contributed by atoms with Crippen LogP contribution in [0, 0.1) is 12.7 Å². The standard InChI is InChI=1S/C28H25FN2O4/c1-17-16-19(6-13-23(17)29)26(33)24-25(18-4-11-22(32)12-5-18)31(28(35)27(24)34)21-9-7-20(8-10-21)30-14-2-3-15-30/h4-13,16,25,32-33H,2-3,14-15H2,1H3/b26-24-. The van der Waals surface area contributed by atoms with E-state index in [1.807, 2.05) is 12.1 Å². The van der Waals surface area contributed by atoms with E-state index in [0.29, 0.717) is 16.8 Å². The lowest BCUT2D eigenvalue weighted by molar-refractivity contribution is -0.132. The number of aliphatic hydroxyl groups excluding tert-OH is 1. The number of anilines is 2. The monoisotopic (exact) mass is 472 g/mol. The Morgan fingerprint density at radius 2 is 1.54 bits per heavy atom. The van der Waals surface area contributed by atoms with E-state index in [2.05, 4.69) is 4.90 Å². The fourth-order valence-electron chi connectivity index (χ4n) is 4.82. The van der Waals surface area contributed by atoms with Gasteiger partial charge in [0.05, 0.1) is 11.6 Å². The predicted molar refractivity (Wildman–Crippen MR) is 132 cm³/mol. The maximum Gasteiger partial charge on any atom is 0.300 e. The van der Waals surface area contributed by atoms with Crippen LogP contribution in [-0.2, 0) is 9.59 Å². The highest BCUT2D eigenvalue weighted by Crippen LogP contribution is 2.43. The molecule has 2 aliphatic rings. The van der Waals surface area contributed by atoms with Gasteiger partial charge in [0.1, 0.15) is 17.3 Å². The number of hydrogen-bond donors (Lipinski definition) is 2. The number of amides is 1. The van der Waals surface area contributed by atoms with E-state index in [-0.39, 0.29) is 22.6 Å². The molecule has 0 aliphatic carbocycles. The minimum atomic E-state index is -0.918. The summed E-state index contributed by atoms with van der Waals surface area (Å²) in [5, 5.41) is 20.9. The molecule has 5 rings (SSSR count). The number of halogens is 1. The van der Waals surface area contributed by atoms with Crippen molar-refractivity contribution in [3.63, 3.8) is 0 Å². The molecule has 0 bridgehead atoms. The van der Waals surface area contributed by atoms with Gasteiger partial charge in [0.25, 0.3) is 11.7 Å². The van der Waals surface area contributed by atoms with E-state index in [1.165, 1.54) is 35.2 Å². The number of aromatic hydroxyl groups is 1. The summed E-state index contributed by atoms with van der Waals surface area (Å²) >= 11 is 0. The van der Waals surface area contributed by atoms with Gasteiger partial charge < -0.3 is 15.1 Å². The molecule has 0 aromatic heterocycles. The van der Waals surface area contributed by atoms with Gasteiger partial charge in [0, 0.05) is 30.0 Å². The molecule has 2 heterocycles. The van der Waals surface area contributed by atoms with Crippen LogP contribution < -0.4 is 9.80 Å². The molecule has 2 fully saturated rings. The van der Waals surface area contributed by atoms with Gasteiger partial charge in [-0.1, -0.05) is 12.1 Å². The van der Waals surface area contributed by atoms with Crippen LogP contribution in [0.15, 0.2) is 72.3 Å². The number of carbonyl (C=O) groups is 2. The minimum Gasteiger partial charge on any atom is -0.508 e. The van der Waals surface area contributed by atoms with E-state index in [1.54, 1.807) is 31.2 Å². The van der Waals surface area contributed by atoms with Gasteiger partial charge in [0.2, 0.25) is 0 Å². The van der Waals surface area contributed by atoms with Crippen LogP contribution in [0.2, 0.25) is 0 Å².